The van der Waals surface area contributed by atoms with E-state index in [0.717, 1.165) is 15.7 Å². The number of benzene rings is 2. The van der Waals surface area contributed by atoms with E-state index in [-0.39, 0.29) is 11.9 Å². The summed E-state index contributed by atoms with van der Waals surface area (Å²) >= 11 is 3.46. The molecule has 3 aromatic rings. The number of halogens is 1. The van der Waals surface area contributed by atoms with Crippen LogP contribution in [0.15, 0.2) is 71.5 Å². The molecule has 1 amide bonds. The Balaban J connectivity index is 1.65. The van der Waals surface area contributed by atoms with Gasteiger partial charge in [-0.15, -0.1) is 0 Å². The average Bonchev–Trinajstić information content (AvgIpc) is 2.65. The van der Waals surface area contributed by atoms with Gasteiger partial charge in [0.25, 0.3) is 5.91 Å². The monoisotopic (exact) mass is 396 g/mol. The van der Waals surface area contributed by atoms with Gasteiger partial charge >= 0.3 is 0 Å². The van der Waals surface area contributed by atoms with E-state index in [1.54, 1.807) is 0 Å². The van der Waals surface area contributed by atoms with Crippen molar-refractivity contribution in [3.8, 4) is 0 Å². The van der Waals surface area contributed by atoms with Gasteiger partial charge in [0.15, 0.2) is 0 Å². The van der Waals surface area contributed by atoms with Crippen LogP contribution in [0.25, 0.3) is 0 Å². The van der Waals surface area contributed by atoms with Crippen LogP contribution in [0.1, 0.15) is 28.9 Å². The lowest BCUT2D eigenvalue weighted by atomic mass is 10.1. The molecule has 1 unspecified atom stereocenters. The predicted octanol–water partition coefficient (Wildman–Crippen LogP) is 4.47. The molecule has 3 rings (SSSR count). The highest BCUT2D eigenvalue weighted by atomic mass is 79.9. The molecular weight excluding hydrogens is 380 g/mol. The molecule has 126 valence electrons. The van der Waals surface area contributed by atoms with Gasteiger partial charge in [-0.3, -0.25) is 4.79 Å². The van der Waals surface area contributed by atoms with Crippen LogP contribution in [-0.4, -0.2) is 15.9 Å². The lowest BCUT2D eigenvalue weighted by molar-refractivity contribution is 0.0939. The van der Waals surface area contributed by atoms with E-state index in [9.17, 15) is 4.79 Å². The van der Waals surface area contributed by atoms with Crippen molar-refractivity contribution in [2.45, 2.75) is 13.0 Å². The summed E-state index contributed by atoms with van der Waals surface area (Å²) in [6, 6.07) is 17.4. The molecule has 1 atom stereocenters. The molecule has 2 N–H and O–H groups in total. The lowest BCUT2D eigenvalue weighted by Crippen LogP contribution is -2.26. The van der Waals surface area contributed by atoms with Crippen molar-refractivity contribution in [1.29, 1.82) is 0 Å². The van der Waals surface area contributed by atoms with Gasteiger partial charge in [-0.25, -0.2) is 9.97 Å². The van der Waals surface area contributed by atoms with Crippen LogP contribution in [0.2, 0.25) is 0 Å². The minimum atomic E-state index is -0.205. The molecular formula is C19H17BrN4O. The van der Waals surface area contributed by atoms with Crippen LogP contribution < -0.4 is 10.6 Å². The summed E-state index contributed by atoms with van der Waals surface area (Å²) in [7, 11) is 0. The zero-order chi connectivity index (χ0) is 17.6. The summed E-state index contributed by atoms with van der Waals surface area (Å²) < 4.78 is 0.914. The third-order valence-electron chi connectivity index (χ3n) is 3.68. The summed E-state index contributed by atoms with van der Waals surface area (Å²) in [6.07, 6.45) is 3.03. The van der Waals surface area contributed by atoms with Gasteiger partial charge in [-0.05, 0) is 40.5 Å². The summed E-state index contributed by atoms with van der Waals surface area (Å²) in [5.74, 6) is 0.225. The minimum absolute atomic E-state index is 0.0909. The van der Waals surface area contributed by atoms with Gasteiger partial charge in [0, 0.05) is 16.9 Å². The Labute approximate surface area is 154 Å². The van der Waals surface area contributed by atoms with E-state index in [2.05, 4.69) is 36.5 Å². The van der Waals surface area contributed by atoms with E-state index < -0.39 is 0 Å². The minimum Gasteiger partial charge on any atom is -0.345 e. The number of hydrogen-bond donors (Lipinski definition) is 2. The van der Waals surface area contributed by atoms with Crippen LogP contribution in [0.3, 0.4) is 0 Å². The fourth-order valence-corrected chi connectivity index (χ4v) is 2.68. The first-order chi connectivity index (χ1) is 12.1. The summed E-state index contributed by atoms with van der Waals surface area (Å²) in [5.41, 5.74) is 2.32. The van der Waals surface area contributed by atoms with Crippen molar-refractivity contribution >= 4 is 33.5 Å². The number of anilines is 2. The van der Waals surface area contributed by atoms with Crippen molar-refractivity contribution < 1.29 is 4.79 Å². The van der Waals surface area contributed by atoms with Crippen molar-refractivity contribution in [1.82, 2.24) is 15.3 Å². The maximum Gasteiger partial charge on any atom is 0.254 e. The highest BCUT2D eigenvalue weighted by Crippen LogP contribution is 2.23. The SMILES string of the molecule is CC(NC(=O)c1cnc(Nc2ccccc2Br)nc1)c1ccccc1. The Morgan fingerprint density at radius 1 is 1.00 bits per heavy atom. The number of carbonyl (C=O) groups is 1. The molecule has 1 heterocycles. The Kier molecular flexibility index (Phi) is 5.40. The molecule has 5 nitrogen and oxygen atoms in total. The second-order valence-electron chi connectivity index (χ2n) is 5.51. The first-order valence-corrected chi connectivity index (χ1v) is 8.62. The molecule has 0 saturated carbocycles. The molecule has 25 heavy (non-hydrogen) atoms. The number of nitrogens with zero attached hydrogens (tertiary/aromatic N) is 2. The second-order valence-corrected chi connectivity index (χ2v) is 6.36. The largest absolute Gasteiger partial charge is 0.345 e. The normalized spacial score (nSPS) is 11.6. The third kappa shape index (κ3) is 4.42. The number of rotatable bonds is 5. The van der Waals surface area contributed by atoms with Gasteiger partial charge in [0.2, 0.25) is 5.95 Å². The van der Waals surface area contributed by atoms with E-state index in [1.165, 1.54) is 12.4 Å². The molecule has 6 heteroatoms. The van der Waals surface area contributed by atoms with E-state index >= 15 is 0 Å². The number of hydrogen-bond acceptors (Lipinski definition) is 4. The average molecular weight is 397 g/mol. The summed E-state index contributed by atoms with van der Waals surface area (Å²) in [4.78, 5) is 20.8. The number of para-hydroxylation sites is 1. The van der Waals surface area contributed by atoms with Crippen molar-refractivity contribution in [3.05, 3.63) is 82.6 Å². The number of nitrogens with one attached hydrogen (secondary N) is 2. The van der Waals surface area contributed by atoms with Crippen LogP contribution in [0.4, 0.5) is 11.6 Å². The number of carbonyl (C=O) groups excluding carboxylic acids is 1. The number of amides is 1. The van der Waals surface area contributed by atoms with Crippen LogP contribution in [0, 0.1) is 0 Å². The van der Waals surface area contributed by atoms with E-state index in [1.807, 2.05) is 61.5 Å². The first-order valence-electron chi connectivity index (χ1n) is 7.83. The highest BCUT2D eigenvalue weighted by Gasteiger charge is 2.12. The molecule has 0 bridgehead atoms. The summed E-state index contributed by atoms with van der Waals surface area (Å²) in [5, 5.41) is 6.05. The fourth-order valence-electron chi connectivity index (χ4n) is 2.30. The Morgan fingerprint density at radius 2 is 1.64 bits per heavy atom. The molecule has 0 fully saturated rings. The first kappa shape index (κ1) is 17.1. The fraction of sp³-hybridized carbons (Fsp3) is 0.105. The van der Waals surface area contributed by atoms with Crippen molar-refractivity contribution in [3.63, 3.8) is 0 Å². The van der Waals surface area contributed by atoms with Crippen LogP contribution in [0.5, 0.6) is 0 Å². The molecule has 1 aromatic heterocycles. The van der Waals surface area contributed by atoms with Gasteiger partial charge < -0.3 is 10.6 Å². The van der Waals surface area contributed by atoms with Crippen molar-refractivity contribution in [2.75, 3.05) is 5.32 Å². The van der Waals surface area contributed by atoms with E-state index in [0.29, 0.717) is 11.5 Å². The maximum absolute atomic E-state index is 12.3. The van der Waals surface area contributed by atoms with Crippen LogP contribution >= 0.6 is 15.9 Å². The molecule has 0 aliphatic rings. The van der Waals surface area contributed by atoms with Gasteiger partial charge in [0.1, 0.15) is 0 Å². The zero-order valence-electron chi connectivity index (χ0n) is 13.6. The third-order valence-corrected chi connectivity index (χ3v) is 4.37. The lowest BCUT2D eigenvalue weighted by Gasteiger charge is -2.14. The van der Waals surface area contributed by atoms with Crippen LogP contribution in [-0.2, 0) is 0 Å². The maximum atomic E-state index is 12.3. The molecule has 2 aromatic carbocycles. The summed E-state index contributed by atoms with van der Waals surface area (Å²) in [6.45, 7) is 1.94. The topological polar surface area (TPSA) is 66.9 Å². The molecule has 0 spiro atoms. The van der Waals surface area contributed by atoms with Crippen molar-refractivity contribution in [2.24, 2.45) is 0 Å². The second kappa shape index (κ2) is 7.90. The van der Waals surface area contributed by atoms with Gasteiger partial charge in [-0.2, -0.15) is 0 Å². The van der Waals surface area contributed by atoms with E-state index in [4.69, 9.17) is 0 Å². The smallest absolute Gasteiger partial charge is 0.254 e. The van der Waals surface area contributed by atoms with Gasteiger partial charge in [0.05, 0.1) is 17.3 Å². The molecule has 0 aliphatic heterocycles. The molecule has 0 aliphatic carbocycles. The standard InChI is InChI=1S/C19H17BrN4O/c1-13(14-7-3-2-4-8-14)23-18(25)15-11-21-19(22-12-15)24-17-10-6-5-9-16(17)20/h2-13H,1H3,(H,23,25)(H,21,22,24). The Hall–Kier alpha value is -2.73. The Morgan fingerprint density at radius 3 is 2.32 bits per heavy atom. The zero-order valence-corrected chi connectivity index (χ0v) is 15.2. The van der Waals surface area contributed by atoms with Gasteiger partial charge in [-0.1, -0.05) is 42.5 Å². The highest BCUT2D eigenvalue weighted by molar-refractivity contribution is 9.10. The molecule has 0 radical (unpaired) electrons. The Bertz CT molecular complexity index is 853. The number of aromatic nitrogens is 2. The molecule has 0 saturated heterocycles. The quantitative estimate of drug-likeness (QED) is 0.667. The predicted molar refractivity (Wildman–Crippen MR) is 102 cm³/mol.